The minimum atomic E-state index is 0.197. The van der Waals surface area contributed by atoms with Gasteiger partial charge in [-0.15, -0.1) is 0 Å². The van der Waals surface area contributed by atoms with Crippen LogP contribution in [0.4, 0.5) is 5.82 Å². The highest BCUT2D eigenvalue weighted by Gasteiger charge is 2.08. The van der Waals surface area contributed by atoms with Crippen LogP contribution in [0.25, 0.3) is 11.1 Å². The minimum Gasteiger partial charge on any atom is -0.437 e. The zero-order valence-electron chi connectivity index (χ0n) is 11.0. The third-order valence-corrected chi connectivity index (χ3v) is 3.32. The Bertz CT molecular complexity index is 745. The van der Waals surface area contributed by atoms with Gasteiger partial charge in [-0.2, -0.15) is 4.98 Å². The van der Waals surface area contributed by atoms with E-state index in [1.165, 1.54) is 6.33 Å². The van der Waals surface area contributed by atoms with Gasteiger partial charge in [0, 0.05) is 0 Å². The van der Waals surface area contributed by atoms with Crippen LogP contribution < -0.4 is 10.5 Å². The summed E-state index contributed by atoms with van der Waals surface area (Å²) in [6.45, 7) is 0. The monoisotopic (exact) mass is 297 g/mol. The van der Waals surface area contributed by atoms with Crippen molar-refractivity contribution in [1.82, 2.24) is 9.97 Å². The molecule has 5 heteroatoms. The molecule has 0 aliphatic carbocycles. The molecule has 0 aliphatic rings. The molecular formula is C16H12ClN3O. The predicted molar refractivity (Wildman–Crippen MR) is 83.4 cm³/mol. The average Bonchev–Trinajstić information content (AvgIpc) is 2.53. The molecule has 21 heavy (non-hydrogen) atoms. The Hall–Kier alpha value is -2.59. The van der Waals surface area contributed by atoms with E-state index in [1.807, 2.05) is 42.5 Å². The van der Waals surface area contributed by atoms with E-state index in [1.54, 1.807) is 0 Å². The van der Waals surface area contributed by atoms with Crippen molar-refractivity contribution in [1.29, 1.82) is 0 Å². The van der Waals surface area contributed by atoms with Crippen molar-refractivity contribution in [2.45, 2.75) is 0 Å². The fraction of sp³-hybridized carbons (Fsp3) is 0. The second-order valence-electron chi connectivity index (χ2n) is 4.37. The van der Waals surface area contributed by atoms with Gasteiger partial charge < -0.3 is 10.5 Å². The van der Waals surface area contributed by atoms with Crippen molar-refractivity contribution in [3.05, 3.63) is 65.9 Å². The lowest BCUT2D eigenvalue weighted by atomic mass is 10.1. The minimum absolute atomic E-state index is 0.197. The quantitative estimate of drug-likeness (QED) is 0.788. The smallest absolute Gasteiger partial charge is 0.243 e. The maximum Gasteiger partial charge on any atom is 0.243 e. The lowest BCUT2D eigenvalue weighted by Gasteiger charge is -2.08. The van der Waals surface area contributed by atoms with Gasteiger partial charge in [0.25, 0.3) is 0 Å². The Labute approximate surface area is 127 Å². The molecule has 0 saturated carbocycles. The van der Waals surface area contributed by atoms with Crippen LogP contribution in [0.3, 0.4) is 0 Å². The number of hydrogen-bond acceptors (Lipinski definition) is 4. The molecule has 0 fully saturated rings. The standard InChI is InChI=1S/C16H12ClN3O/c17-14-15(18)19-10-20-16(14)21-13-8-6-12(7-9-13)11-4-2-1-3-5-11/h1-10H,(H2,18,19,20). The molecule has 0 amide bonds. The fourth-order valence-corrected chi connectivity index (χ4v) is 2.03. The molecule has 0 spiro atoms. The molecule has 1 aromatic heterocycles. The van der Waals surface area contributed by atoms with Crippen molar-refractivity contribution < 1.29 is 4.74 Å². The number of nitrogens with zero attached hydrogens (tertiary/aromatic N) is 2. The summed E-state index contributed by atoms with van der Waals surface area (Å²) in [7, 11) is 0. The maximum absolute atomic E-state index is 6.00. The van der Waals surface area contributed by atoms with E-state index in [2.05, 4.69) is 22.1 Å². The van der Waals surface area contributed by atoms with Gasteiger partial charge >= 0.3 is 0 Å². The first-order valence-electron chi connectivity index (χ1n) is 6.33. The van der Waals surface area contributed by atoms with Crippen LogP contribution in [-0.2, 0) is 0 Å². The SMILES string of the molecule is Nc1ncnc(Oc2ccc(-c3ccccc3)cc2)c1Cl. The molecule has 2 aromatic carbocycles. The molecule has 0 saturated heterocycles. The topological polar surface area (TPSA) is 61.0 Å². The Morgan fingerprint density at radius 1 is 0.857 bits per heavy atom. The molecule has 3 rings (SSSR count). The van der Waals surface area contributed by atoms with Crippen LogP contribution in [0.1, 0.15) is 0 Å². The number of rotatable bonds is 3. The first kappa shape index (κ1) is 13.4. The van der Waals surface area contributed by atoms with E-state index in [0.717, 1.165) is 11.1 Å². The number of ether oxygens (including phenoxy) is 1. The summed E-state index contributed by atoms with van der Waals surface area (Å²) in [5.41, 5.74) is 7.87. The van der Waals surface area contributed by atoms with Gasteiger partial charge in [0.1, 0.15) is 22.9 Å². The van der Waals surface area contributed by atoms with E-state index in [-0.39, 0.29) is 16.7 Å². The Morgan fingerprint density at radius 2 is 1.52 bits per heavy atom. The van der Waals surface area contributed by atoms with Crippen LogP contribution in [0.2, 0.25) is 5.02 Å². The van der Waals surface area contributed by atoms with Crippen LogP contribution in [-0.4, -0.2) is 9.97 Å². The molecular weight excluding hydrogens is 286 g/mol. The zero-order chi connectivity index (χ0) is 14.7. The summed E-state index contributed by atoms with van der Waals surface area (Å²) in [6.07, 6.45) is 1.31. The second kappa shape index (κ2) is 5.81. The third kappa shape index (κ3) is 2.95. The second-order valence-corrected chi connectivity index (χ2v) is 4.75. The summed E-state index contributed by atoms with van der Waals surface area (Å²) >= 11 is 6.00. The number of benzene rings is 2. The van der Waals surface area contributed by atoms with Crippen molar-refractivity contribution in [2.75, 3.05) is 5.73 Å². The lowest BCUT2D eigenvalue weighted by Crippen LogP contribution is -1.96. The normalized spacial score (nSPS) is 10.3. The van der Waals surface area contributed by atoms with Crippen LogP contribution in [0.15, 0.2) is 60.9 Å². The number of anilines is 1. The fourth-order valence-electron chi connectivity index (χ4n) is 1.90. The molecule has 0 aliphatic heterocycles. The van der Waals surface area contributed by atoms with Gasteiger partial charge in [0.15, 0.2) is 0 Å². The van der Waals surface area contributed by atoms with Crippen LogP contribution in [0.5, 0.6) is 11.6 Å². The molecule has 2 N–H and O–H groups in total. The van der Waals surface area contributed by atoms with Gasteiger partial charge in [-0.25, -0.2) is 4.98 Å². The van der Waals surface area contributed by atoms with Gasteiger partial charge in [0.2, 0.25) is 5.88 Å². The summed E-state index contributed by atoms with van der Waals surface area (Å²) in [5.74, 6) is 1.08. The van der Waals surface area contributed by atoms with Crippen LogP contribution in [0, 0.1) is 0 Å². The van der Waals surface area contributed by atoms with E-state index >= 15 is 0 Å². The molecule has 0 radical (unpaired) electrons. The zero-order valence-corrected chi connectivity index (χ0v) is 11.8. The number of hydrogen-bond donors (Lipinski definition) is 1. The van der Waals surface area contributed by atoms with Gasteiger partial charge in [-0.1, -0.05) is 54.1 Å². The van der Waals surface area contributed by atoms with Crippen molar-refractivity contribution in [2.24, 2.45) is 0 Å². The highest BCUT2D eigenvalue weighted by atomic mass is 35.5. The summed E-state index contributed by atoms with van der Waals surface area (Å²) in [4.78, 5) is 7.76. The third-order valence-electron chi connectivity index (χ3n) is 2.96. The molecule has 0 bridgehead atoms. The van der Waals surface area contributed by atoms with Crippen molar-refractivity contribution >= 4 is 17.4 Å². The first-order valence-corrected chi connectivity index (χ1v) is 6.71. The maximum atomic E-state index is 6.00. The lowest BCUT2D eigenvalue weighted by molar-refractivity contribution is 0.462. The summed E-state index contributed by atoms with van der Waals surface area (Å²) in [6, 6.07) is 17.8. The highest BCUT2D eigenvalue weighted by Crippen LogP contribution is 2.30. The van der Waals surface area contributed by atoms with E-state index in [0.29, 0.717) is 5.75 Å². The summed E-state index contributed by atoms with van der Waals surface area (Å²) < 4.78 is 5.62. The van der Waals surface area contributed by atoms with Crippen LogP contribution >= 0.6 is 11.6 Å². The van der Waals surface area contributed by atoms with Crippen molar-refractivity contribution in [3.8, 4) is 22.8 Å². The summed E-state index contributed by atoms with van der Waals surface area (Å²) in [5, 5.41) is 0.213. The Kier molecular flexibility index (Phi) is 3.71. The van der Waals surface area contributed by atoms with Gasteiger partial charge in [-0.05, 0) is 23.3 Å². The molecule has 0 atom stereocenters. The molecule has 4 nitrogen and oxygen atoms in total. The largest absolute Gasteiger partial charge is 0.437 e. The number of nitrogens with two attached hydrogens (primary N) is 1. The molecule has 104 valence electrons. The first-order chi connectivity index (χ1) is 10.2. The highest BCUT2D eigenvalue weighted by molar-refractivity contribution is 6.34. The number of halogens is 1. The van der Waals surface area contributed by atoms with E-state index in [9.17, 15) is 0 Å². The molecule has 3 aromatic rings. The molecule has 1 heterocycles. The predicted octanol–water partition coefficient (Wildman–Crippen LogP) is 4.17. The van der Waals surface area contributed by atoms with Gasteiger partial charge in [0.05, 0.1) is 0 Å². The number of aromatic nitrogens is 2. The number of nitrogen functional groups attached to an aromatic ring is 1. The van der Waals surface area contributed by atoms with Crippen molar-refractivity contribution in [3.63, 3.8) is 0 Å². The van der Waals surface area contributed by atoms with E-state index < -0.39 is 0 Å². The average molecular weight is 298 g/mol. The van der Waals surface area contributed by atoms with Gasteiger partial charge in [-0.3, -0.25) is 0 Å². The Morgan fingerprint density at radius 3 is 2.24 bits per heavy atom. The Balaban J connectivity index is 1.83. The van der Waals surface area contributed by atoms with E-state index in [4.69, 9.17) is 22.1 Å². The molecule has 0 unspecified atom stereocenters.